The Bertz CT molecular complexity index is 1130. The fourth-order valence-electron chi connectivity index (χ4n) is 4.26. The van der Waals surface area contributed by atoms with E-state index >= 15 is 0 Å². The molecule has 1 aromatic heterocycles. The highest BCUT2D eigenvalue weighted by atomic mass is 19.1. The molecule has 1 aliphatic heterocycles. The standard InChI is InChI=1S/C27H33FN4O3/c1-4-29-27(33)31(17-23-14-9-15-34-23)18-24-25(19(2)3)30-32(21-11-6-5-7-12-21)26(24)35-22-13-8-10-20(28)16-22/h5-8,10-13,16,19,23H,4,9,14-15,17-18H2,1-3H3,(H,29,33)/t23-/m1/s1. The summed E-state index contributed by atoms with van der Waals surface area (Å²) in [6.07, 6.45) is 1.91. The number of carbonyl (C=O) groups is 1. The number of amides is 2. The molecule has 2 heterocycles. The van der Waals surface area contributed by atoms with E-state index in [-0.39, 0.29) is 30.4 Å². The number of aromatic nitrogens is 2. The monoisotopic (exact) mass is 480 g/mol. The van der Waals surface area contributed by atoms with Crippen molar-refractivity contribution >= 4 is 6.03 Å². The van der Waals surface area contributed by atoms with E-state index in [1.165, 1.54) is 12.1 Å². The van der Waals surface area contributed by atoms with Gasteiger partial charge in [-0.2, -0.15) is 5.10 Å². The van der Waals surface area contributed by atoms with Gasteiger partial charge in [0, 0.05) is 25.8 Å². The molecule has 0 radical (unpaired) electrons. The maximum atomic E-state index is 14.0. The SMILES string of the molecule is CCNC(=O)N(Cc1c(C(C)C)nn(-c2ccccc2)c1Oc1cccc(F)c1)C[C@H]1CCCO1. The number of benzene rings is 2. The van der Waals surface area contributed by atoms with Crippen LogP contribution in [0.2, 0.25) is 0 Å². The molecule has 2 aromatic carbocycles. The van der Waals surface area contributed by atoms with Crippen LogP contribution in [0.25, 0.3) is 5.69 Å². The first-order chi connectivity index (χ1) is 17.0. The van der Waals surface area contributed by atoms with Gasteiger partial charge in [-0.05, 0) is 49.9 Å². The van der Waals surface area contributed by atoms with E-state index in [1.807, 2.05) is 37.3 Å². The number of para-hydroxylation sites is 1. The lowest BCUT2D eigenvalue weighted by atomic mass is 10.1. The number of ether oxygens (including phenoxy) is 2. The molecule has 0 unspecified atom stereocenters. The van der Waals surface area contributed by atoms with Crippen LogP contribution in [-0.4, -0.2) is 46.5 Å². The minimum Gasteiger partial charge on any atom is -0.438 e. The van der Waals surface area contributed by atoms with E-state index in [2.05, 4.69) is 19.2 Å². The summed E-state index contributed by atoms with van der Waals surface area (Å²) in [5.41, 5.74) is 2.43. The summed E-state index contributed by atoms with van der Waals surface area (Å²) in [5, 5.41) is 7.81. The summed E-state index contributed by atoms with van der Waals surface area (Å²) in [4.78, 5) is 14.8. The highest BCUT2D eigenvalue weighted by molar-refractivity contribution is 5.74. The van der Waals surface area contributed by atoms with Gasteiger partial charge < -0.3 is 19.7 Å². The Morgan fingerprint density at radius 1 is 1.26 bits per heavy atom. The quantitative estimate of drug-likeness (QED) is 0.431. The zero-order valence-electron chi connectivity index (χ0n) is 20.5. The Morgan fingerprint density at radius 3 is 2.71 bits per heavy atom. The predicted molar refractivity (Wildman–Crippen MR) is 133 cm³/mol. The summed E-state index contributed by atoms with van der Waals surface area (Å²) in [6.45, 7) is 8.01. The normalized spacial score (nSPS) is 15.4. The van der Waals surface area contributed by atoms with Crippen molar-refractivity contribution in [2.45, 2.75) is 52.2 Å². The number of urea groups is 1. The van der Waals surface area contributed by atoms with Gasteiger partial charge in [0.05, 0.1) is 29.6 Å². The average Bonchev–Trinajstić information content (AvgIpc) is 3.48. The van der Waals surface area contributed by atoms with E-state index < -0.39 is 0 Å². The number of nitrogens with one attached hydrogen (secondary N) is 1. The molecule has 1 fully saturated rings. The lowest BCUT2D eigenvalue weighted by Gasteiger charge is -2.26. The number of rotatable bonds is 9. The van der Waals surface area contributed by atoms with Gasteiger partial charge in [0.15, 0.2) is 0 Å². The van der Waals surface area contributed by atoms with Gasteiger partial charge in [0.25, 0.3) is 0 Å². The van der Waals surface area contributed by atoms with Gasteiger partial charge in [0.2, 0.25) is 5.88 Å². The number of carbonyl (C=O) groups excluding carboxylic acids is 1. The summed E-state index contributed by atoms with van der Waals surface area (Å²) in [5.74, 6) is 0.513. The summed E-state index contributed by atoms with van der Waals surface area (Å²) in [7, 11) is 0. The molecule has 35 heavy (non-hydrogen) atoms. The minimum absolute atomic E-state index is 0.00291. The first-order valence-electron chi connectivity index (χ1n) is 12.2. The van der Waals surface area contributed by atoms with Gasteiger partial charge >= 0.3 is 6.03 Å². The van der Waals surface area contributed by atoms with Crippen molar-refractivity contribution in [3.63, 3.8) is 0 Å². The zero-order valence-corrected chi connectivity index (χ0v) is 20.5. The van der Waals surface area contributed by atoms with Crippen molar-refractivity contribution in [2.75, 3.05) is 19.7 Å². The summed E-state index contributed by atoms with van der Waals surface area (Å²) < 4.78 is 27.8. The Kier molecular flexibility index (Phi) is 8.02. The van der Waals surface area contributed by atoms with Crippen LogP contribution in [0.15, 0.2) is 54.6 Å². The molecule has 3 aromatic rings. The van der Waals surface area contributed by atoms with Crippen LogP contribution in [0.3, 0.4) is 0 Å². The molecule has 8 heteroatoms. The van der Waals surface area contributed by atoms with Crippen molar-refractivity contribution in [1.82, 2.24) is 20.0 Å². The molecule has 1 aliphatic rings. The maximum Gasteiger partial charge on any atom is 0.317 e. The second kappa shape index (κ2) is 11.4. The second-order valence-electron chi connectivity index (χ2n) is 8.98. The average molecular weight is 481 g/mol. The molecule has 186 valence electrons. The van der Waals surface area contributed by atoms with Crippen molar-refractivity contribution in [2.24, 2.45) is 0 Å². The van der Waals surface area contributed by atoms with Crippen LogP contribution in [0.4, 0.5) is 9.18 Å². The molecular weight excluding hydrogens is 447 g/mol. The van der Waals surface area contributed by atoms with Crippen LogP contribution >= 0.6 is 0 Å². The molecular formula is C27H33FN4O3. The highest BCUT2D eigenvalue weighted by Gasteiger charge is 2.29. The Balaban J connectivity index is 1.79. The molecule has 1 saturated heterocycles. The van der Waals surface area contributed by atoms with E-state index in [0.29, 0.717) is 31.3 Å². The van der Waals surface area contributed by atoms with Gasteiger partial charge in [0.1, 0.15) is 11.6 Å². The predicted octanol–water partition coefficient (Wildman–Crippen LogP) is 5.64. The minimum atomic E-state index is -0.388. The van der Waals surface area contributed by atoms with Gasteiger partial charge in [-0.1, -0.05) is 38.1 Å². The van der Waals surface area contributed by atoms with Crippen LogP contribution in [0.1, 0.15) is 50.8 Å². The molecule has 0 bridgehead atoms. The molecule has 4 rings (SSSR count). The number of nitrogens with zero attached hydrogens (tertiary/aromatic N) is 3. The zero-order chi connectivity index (χ0) is 24.8. The smallest absolute Gasteiger partial charge is 0.317 e. The van der Waals surface area contributed by atoms with E-state index in [4.69, 9.17) is 14.6 Å². The third-order valence-corrected chi connectivity index (χ3v) is 5.94. The molecule has 1 N–H and O–H groups in total. The first kappa shape index (κ1) is 24.7. The molecule has 0 saturated carbocycles. The number of hydrogen-bond donors (Lipinski definition) is 1. The molecule has 0 spiro atoms. The molecule has 0 aliphatic carbocycles. The van der Waals surface area contributed by atoms with Crippen molar-refractivity contribution in [3.05, 3.63) is 71.7 Å². The maximum absolute atomic E-state index is 14.0. The second-order valence-corrected chi connectivity index (χ2v) is 8.98. The number of hydrogen-bond acceptors (Lipinski definition) is 4. The lowest BCUT2D eigenvalue weighted by Crippen LogP contribution is -2.43. The van der Waals surface area contributed by atoms with Gasteiger partial charge in [-0.25, -0.2) is 13.9 Å². The fourth-order valence-corrected chi connectivity index (χ4v) is 4.26. The molecule has 2 amide bonds. The Labute approximate surface area is 205 Å². The van der Waals surface area contributed by atoms with Crippen molar-refractivity contribution in [1.29, 1.82) is 0 Å². The lowest BCUT2D eigenvalue weighted by molar-refractivity contribution is 0.0793. The Morgan fingerprint density at radius 2 is 2.06 bits per heavy atom. The molecule has 7 nitrogen and oxygen atoms in total. The third kappa shape index (κ3) is 6.00. The number of halogens is 1. The topological polar surface area (TPSA) is 68.6 Å². The Hall–Kier alpha value is -3.39. The van der Waals surface area contributed by atoms with E-state index in [0.717, 1.165) is 29.8 Å². The molecule has 1 atom stereocenters. The van der Waals surface area contributed by atoms with Crippen LogP contribution in [0.5, 0.6) is 11.6 Å². The van der Waals surface area contributed by atoms with Gasteiger partial charge in [-0.3, -0.25) is 0 Å². The van der Waals surface area contributed by atoms with Crippen molar-refractivity contribution in [3.8, 4) is 17.3 Å². The largest absolute Gasteiger partial charge is 0.438 e. The summed E-state index contributed by atoms with van der Waals surface area (Å²) >= 11 is 0. The van der Waals surface area contributed by atoms with Crippen LogP contribution < -0.4 is 10.1 Å². The van der Waals surface area contributed by atoms with E-state index in [1.54, 1.807) is 21.7 Å². The van der Waals surface area contributed by atoms with Crippen molar-refractivity contribution < 1.29 is 18.7 Å². The van der Waals surface area contributed by atoms with E-state index in [9.17, 15) is 9.18 Å². The third-order valence-electron chi connectivity index (χ3n) is 5.94. The van der Waals surface area contributed by atoms with Crippen LogP contribution in [0, 0.1) is 5.82 Å². The van der Waals surface area contributed by atoms with Gasteiger partial charge in [-0.15, -0.1) is 0 Å². The highest BCUT2D eigenvalue weighted by Crippen LogP contribution is 2.35. The van der Waals surface area contributed by atoms with Crippen LogP contribution in [-0.2, 0) is 11.3 Å². The first-order valence-corrected chi connectivity index (χ1v) is 12.2. The fraction of sp³-hybridized carbons (Fsp3) is 0.407. The summed E-state index contributed by atoms with van der Waals surface area (Å²) in [6, 6.07) is 15.5.